The molecule has 0 aliphatic heterocycles. The molecule has 1 aromatic carbocycles. The SMILES string of the molecule is CSc1ccc(C)c(C(=O)NCCO)c1. The van der Waals surface area contributed by atoms with Crippen molar-refractivity contribution in [2.24, 2.45) is 0 Å². The number of hydrogen-bond donors (Lipinski definition) is 2. The standard InChI is InChI=1S/C11H15NO2S/c1-8-3-4-9(15-2)7-10(8)11(14)12-5-6-13/h3-4,7,13H,5-6H2,1-2H3,(H,12,14). The van der Waals surface area contributed by atoms with Crippen molar-refractivity contribution >= 4 is 17.7 Å². The summed E-state index contributed by atoms with van der Waals surface area (Å²) in [5.41, 5.74) is 1.62. The van der Waals surface area contributed by atoms with Gasteiger partial charge in [0.2, 0.25) is 0 Å². The van der Waals surface area contributed by atoms with Gasteiger partial charge in [0.1, 0.15) is 0 Å². The second kappa shape index (κ2) is 5.78. The van der Waals surface area contributed by atoms with Crippen LogP contribution in [0.15, 0.2) is 23.1 Å². The predicted molar refractivity (Wildman–Crippen MR) is 62.4 cm³/mol. The number of hydrogen-bond acceptors (Lipinski definition) is 3. The van der Waals surface area contributed by atoms with E-state index in [0.29, 0.717) is 12.1 Å². The monoisotopic (exact) mass is 225 g/mol. The molecule has 2 N–H and O–H groups in total. The third-order valence-electron chi connectivity index (χ3n) is 2.09. The number of rotatable bonds is 4. The Labute approximate surface area is 93.9 Å². The van der Waals surface area contributed by atoms with Crippen LogP contribution in [0.5, 0.6) is 0 Å². The van der Waals surface area contributed by atoms with Crippen LogP contribution in [0.4, 0.5) is 0 Å². The molecule has 0 unspecified atom stereocenters. The summed E-state index contributed by atoms with van der Waals surface area (Å²) in [5, 5.41) is 11.3. The number of carbonyl (C=O) groups is 1. The van der Waals surface area contributed by atoms with Crippen molar-refractivity contribution < 1.29 is 9.90 Å². The number of benzene rings is 1. The minimum Gasteiger partial charge on any atom is -0.395 e. The molecule has 0 aliphatic rings. The van der Waals surface area contributed by atoms with Crippen LogP contribution < -0.4 is 5.32 Å². The van der Waals surface area contributed by atoms with Crippen molar-refractivity contribution in [3.63, 3.8) is 0 Å². The first-order chi connectivity index (χ1) is 7.19. The Hall–Kier alpha value is -1.00. The van der Waals surface area contributed by atoms with E-state index in [-0.39, 0.29) is 12.5 Å². The van der Waals surface area contributed by atoms with Gasteiger partial charge in [-0.25, -0.2) is 0 Å². The van der Waals surface area contributed by atoms with Crippen LogP contribution in [0.25, 0.3) is 0 Å². The Morgan fingerprint density at radius 3 is 2.87 bits per heavy atom. The zero-order valence-corrected chi connectivity index (χ0v) is 9.73. The largest absolute Gasteiger partial charge is 0.395 e. The maximum absolute atomic E-state index is 11.7. The summed E-state index contributed by atoms with van der Waals surface area (Å²) in [6.45, 7) is 2.16. The van der Waals surface area contributed by atoms with E-state index in [1.54, 1.807) is 11.8 Å². The van der Waals surface area contributed by atoms with E-state index in [9.17, 15) is 4.79 Å². The number of nitrogens with one attached hydrogen (secondary N) is 1. The van der Waals surface area contributed by atoms with Crippen LogP contribution in [0.1, 0.15) is 15.9 Å². The maximum Gasteiger partial charge on any atom is 0.251 e. The van der Waals surface area contributed by atoms with Crippen LogP contribution in [-0.2, 0) is 0 Å². The van der Waals surface area contributed by atoms with Crippen molar-refractivity contribution in [2.45, 2.75) is 11.8 Å². The highest BCUT2D eigenvalue weighted by molar-refractivity contribution is 7.98. The lowest BCUT2D eigenvalue weighted by atomic mass is 10.1. The van der Waals surface area contributed by atoms with Crippen LogP contribution in [0, 0.1) is 6.92 Å². The van der Waals surface area contributed by atoms with Crippen molar-refractivity contribution in [3.05, 3.63) is 29.3 Å². The molecule has 0 heterocycles. The second-order valence-corrected chi connectivity index (χ2v) is 4.04. The molecule has 0 atom stereocenters. The molecule has 1 rings (SSSR count). The molecule has 3 nitrogen and oxygen atoms in total. The molecule has 1 aromatic rings. The highest BCUT2D eigenvalue weighted by Gasteiger charge is 2.08. The summed E-state index contributed by atoms with van der Waals surface area (Å²) < 4.78 is 0. The fourth-order valence-corrected chi connectivity index (χ4v) is 1.68. The van der Waals surface area contributed by atoms with Gasteiger partial charge in [-0.15, -0.1) is 11.8 Å². The molecule has 0 spiro atoms. The molecule has 0 radical (unpaired) electrons. The third kappa shape index (κ3) is 3.25. The van der Waals surface area contributed by atoms with Gasteiger partial charge >= 0.3 is 0 Å². The molecule has 0 bridgehead atoms. The molecule has 1 amide bonds. The quantitative estimate of drug-likeness (QED) is 0.762. The highest BCUT2D eigenvalue weighted by atomic mass is 32.2. The van der Waals surface area contributed by atoms with Crippen molar-refractivity contribution in [3.8, 4) is 0 Å². The molecule has 4 heteroatoms. The Morgan fingerprint density at radius 1 is 1.53 bits per heavy atom. The number of thioether (sulfide) groups is 1. The molecule has 0 fully saturated rings. The average Bonchev–Trinajstić information content (AvgIpc) is 2.26. The van der Waals surface area contributed by atoms with Crippen LogP contribution in [0.2, 0.25) is 0 Å². The van der Waals surface area contributed by atoms with Crippen LogP contribution in [-0.4, -0.2) is 30.4 Å². The summed E-state index contributed by atoms with van der Waals surface area (Å²) >= 11 is 1.60. The number of amides is 1. The predicted octanol–water partition coefficient (Wildman–Crippen LogP) is 1.44. The van der Waals surface area contributed by atoms with E-state index in [1.807, 2.05) is 31.4 Å². The summed E-state index contributed by atoms with van der Waals surface area (Å²) in [4.78, 5) is 12.7. The maximum atomic E-state index is 11.7. The zero-order chi connectivity index (χ0) is 11.3. The molecule has 0 saturated heterocycles. The molecule has 0 saturated carbocycles. The number of aliphatic hydroxyl groups is 1. The number of aliphatic hydroxyl groups excluding tert-OH is 1. The van der Waals surface area contributed by atoms with E-state index >= 15 is 0 Å². The Bertz CT molecular complexity index is 352. The van der Waals surface area contributed by atoms with E-state index in [2.05, 4.69) is 5.32 Å². The summed E-state index contributed by atoms with van der Waals surface area (Å²) in [7, 11) is 0. The van der Waals surface area contributed by atoms with Crippen molar-refractivity contribution in [1.82, 2.24) is 5.32 Å². The van der Waals surface area contributed by atoms with Gasteiger partial charge in [0.15, 0.2) is 0 Å². The first-order valence-corrected chi connectivity index (χ1v) is 5.95. The van der Waals surface area contributed by atoms with E-state index in [1.165, 1.54) is 0 Å². The summed E-state index contributed by atoms with van der Waals surface area (Å²) in [5.74, 6) is -0.127. The lowest BCUT2D eigenvalue weighted by Crippen LogP contribution is -2.27. The van der Waals surface area contributed by atoms with Crippen LogP contribution in [0.3, 0.4) is 0 Å². The summed E-state index contributed by atoms with van der Waals surface area (Å²) in [6, 6.07) is 5.79. The lowest BCUT2D eigenvalue weighted by Gasteiger charge is -2.07. The Kier molecular flexibility index (Phi) is 4.65. The van der Waals surface area contributed by atoms with Crippen LogP contribution >= 0.6 is 11.8 Å². The molecule has 0 aromatic heterocycles. The minimum absolute atomic E-state index is 0.0347. The second-order valence-electron chi connectivity index (χ2n) is 3.16. The molecule has 0 aliphatic carbocycles. The zero-order valence-electron chi connectivity index (χ0n) is 8.91. The highest BCUT2D eigenvalue weighted by Crippen LogP contribution is 2.18. The molecular formula is C11H15NO2S. The lowest BCUT2D eigenvalue weighted by molar-refractivity contribution is 0.0944. The van der Waals surface area contributed by atoms with Gasteiger partial charge in [-0.05, 0) is 30.9 Å². The first kappa shape index (κ1) is 12.1. The van der Waals surface area contributed by atoms with Gasteiger partial charge in [-0.2, -0.15) is 0 Å². The third-order valence-corrected chi connectivity index (χ3v) is 2.81. The fourth-order valence-electron chi connectivity index (χ4n) is 1.24. The van der Waals surface area contributed by atoms with Gasteiger partial charge in [-0.1, -0.05) is 6.07 Å². The Balaban J connectivity index is 2.86. The van der Waals surface area contributed by atoms with Gasteiger partial charge < -0.3 is 10.4 Å². The van der Waals surface area contributed by atoms with Gasteiger partial charge in [-0.3, -0.25) is 4.79 Å². The number of carbonyl (C=O) groups excluding carboxylic acids is 1. The van der Waals surface area contributed by atoms with Gasteiger partial charge in [0.05, 0.1) is 6.61 Å². The fraction of sp³-hybridized carbons (Fsp3) is 0.364. The average molecular weight is 225 g/mol. The van der Waals surface area contributed by atoms with Crippen molar-refractivity contribution in [1.29, 1.82) is 0 Å². The minimum atomic E-state index is -0.127. The van der Waals surface area contributed by atoms with Gasteiger partial charge in [0, 0.05) is 17.0 Å². The topological polar surface area (TPSA) is 49.3 Å². The molecule has 15 heavy (non-hydrogen) atoms. The first-order valence-electron chi connectivity index (χ1n) is 4.72. The van der Waals surface area contributed by atoms with Crippen molar-refractivity contribution in [2.75, 3.05) is 19.4 Å². The molecular weight excluding hydrogens is 210 g/mol. The summed E-state index contributed by atoms with van der Waals surface area (Å²) in [6.07, 6.45) is 1.97. The van der Waals surface area contributed by atoms with E-state index < -0.39 is 0 Å². The van der Waals surface area contributed by atoms with E-state index in [0.717, 1.165) is 10.5 Å². The number of aryl methyl sites for hydroxylation is 1. The Morgan fingerprint density at radius 2 is 2.27 bits per heavy atom. The molecule has 82 valence electrons. The van der Waals surface area contributed by atoms with Gasteiger partial charge in [0.25, 0.3) is 5.91 Å². The smallest absolute Gasteiger partial charge is 0.251 e. The normalized spacial score (nSPS) is 10.1. The van der Waals surface area contributed by atoms with E-state index in [4.69, 9.17) is 5.11 Å².